The molecule has 1 aromatic rings. The van der Waals surface area contributed by atoms with Crippen LogP contribution in [0.2, 0.25) is 0 Å². The highest BCUT2D eigenvalue weighted by Crippen LogP contribution is 2.38. The first kappa shape index (κ1) is 14.9. The van der Waals surface area contributed by atoms with E-state index in [1.165, 1.54) is 7.11 Å². The summed E-state index contributed by atoms with van der Waals surface area (Å²) in [5.41, 5.74) is -0.322. The summed E-state index contributed by atoms with van der Waals surface area (Å²) in [4.78, 5) is 0. The molecule has 118 valence electrons. The molecule has 1 aromatic carbocycles. The van der Waals surface area contributed by atoms with Gasteiger partial charge in [-0.05, 0) is 5.56 Å². The zero-order valence-electron chi connectivity index (χ0n) is 13.0. The summed E-state index contributed by atoms with van der Waals surface area (Å²) >= 11 is 0. The molecule has 0 radical (unpaired) electrons. The number of ether oxygens (including phenoxy) is 3. The maximum absolute atomic E-state index is 9.68. The second-order valence-corrected chi connectivity index (χ2v) is 5.15. The van der Waals surface area contributed by atoms with E-state index in [4.69, 9.17) is 15.6 Å². The van der Waals surface area contributed by atoms with E-state index < -0.39 is 37.1 Å². The number of aliphatic hydroxyl groups excluding tert-OH is 3. The van der Waals surface area contributed by atoms with E-state index >= 15 is 0 Å². The Labute approximate surface area is 125 Å². The van der Waals surface area contributed by atoms with Crippen molar-refractivity contribution >= 4 is 0 Å². The van der Waals surface area contributed by atoms with Gasteiger partial charge in [-0.25, -0.2) is 0 Å². The van der Waals surface area contributed by atoms with Crippen molar-refractivity contribution in [3.05, 3.63) is 35.9 Å². The van der Waals surface area contributed by atoms with Crippen molar-refractivity contribution in [1.29, 1.82) is 1.43 Å². The van der Waals surface area contributed by atoms with Gasteiger partial charge in [-0.3, -0.25) is 0 Å². The summed E-state index contributed by atoms with van der Waals surface area (Å²) in [6, 6.07) is 9.54. The van der Waals surface area contributed by atoms with Gasteiger partial charge in [-0.15, -0.1) is 0 Å². The second kappa shape index (κ2) is 7.31. The molecule has 1 saturated heterocycles. The highest BCUT2D eigenvalue weighted by molar-refractivity contribution is 5.13. The molecule has 6 nitrogen and oxygen atoms in total. The smallest absolute Gasteiger partial charge is 0.210 e. The lowest BCUT2D eigenvalue weighted by Crippen LogP contribution is -2.50. The third kappa shape index (κ3) is 3.26. The molecule has 3 atom stereocenters. The predicted molar refractivity (Wildman–Crippen MR) is 74.4 cm³/mol. The van der Waals surface area contributed by atoms with Crippen LogP contribution < -0.4 is 0 Å². The van der Waals surface area contributed by atoms with Crippen LogP contribution in [0.25, 0.3) is 0 Å². The predicted octanol–water partition coefficient (Wildman–Crippen LogP) is -0.0936. The molecular formula is C15H22O6. The first-order valence-electron chi connectivity index (χ1n) is 7.27. The van der Waals surface area contributed by atoms with E-state index in [-0.39, 0.29) is 6.61 Å². The fourth-order valence-electron chi connectivity index (χ4n) is 2.65. The molecule has 21 heavy (non-hydrogen) atoms. The van der Waals surface area contributed by atoms with Crippen molar-refractivity contribution in [3.63, 3.8) is 0 Å². The van der Waals surface area contributed by atoms with Crippen LogP contribution in [0.15, 0.2) is 30.3 Å². The first-order valence-corrected chi connectivity index (χ1v) is 6.86. The van der Waals surface area contributed by atoms with Gasteiger partial charge in [0.2, 0.25) is 1.43 Å². The Morgan fingerprint density at radius 1 is 1.29 bits per heavy atom. The highest BCUT2D eigenvalue weighted by Gasteiger charge is 2.55. The zero-order chi connectivity index (χ0) is 16.0. The summed E-state index contributed by atoms with van der Waals surface area (Å²) in [5.74, 6) is -0.425. The number of aliphatic hydroxyl groups is 3. The lowest BCUT2D eigenvalue weighted by molar-refractivity contribution is -0.200. The second-order valence-electron chi connectivity index (χ2n) is 5.15. The molecule has 0 amide bonds. The van der Waals surface area contributed by atoms with Gasteiger partial charge in [0, 0.05) is 7.11 Å². The Hall–Kier alpha value is -1.02. The molecule has 6 heteroatoms. The number of rotatable bonds is 8. The summed E-state index contributed by atoms with van der Waals surface area (Å²) in [7, 11) is 1.46. The Balaban J connectivity index is 2.16. The first-order chi connectivity index (χ1) is 10.7. The molecule has 1 aliphatic rings. The van der Waals surface area contributed by atoms with Crippen LogP contribution in [-0.2, 0) is 20.8 Å². The minimum absolute atomic E-state index is 0.0136. The Morgan fingerprint density at radius 2 is 2.00 bits per heavy atom. The molecule has 0 aromatic heterocycles. The van der Waals surface area contributed by atoms with Gasteiger partial charge in [0.1, 0.15) is 11.7 Å². The summed E-state index contributed by atoms with van der Waals surface area (Å²) in [5, 5.41) is 23.8. The van der Waals surface area contributed by atoms with E-state index in [2.05, 4.69) is 5.11 Å². The molecule has 3 N–H and O–H groups in total. The van der Waals surface area contributed by atoms with Crippen LogP contribution in [0.4, 0.5) is 0 Å². The Bertz CT molecular complexity index is 439. The molecule has 0 saturated carbocycles. The highest BCUT2D eigenvalue weighted by atomic mass is 16.7. The van der Waals surface area contributed by atoms with Crippen LogP contribution in [0.5, 0.6) is 0 Å². The van der Waals surface area contributed by atoms with Gasteiger partial charge in [0.05, 0.1) is 32.3 Å². The number of methoxy groups -OCH3 is 1. The van der Waals surface area contributed by atoms with Crippen molar-refractivity contribution in [2.24, 2.45) is 5.92 Å². The maximum Gasteiger partial charge on any atom is 0.210 e. The zero-order valence-corrected chi connectivity index (χ0v) is 12.0. The molecule has 1 unspecified atom stereocenters. The van der Waals surface area contributed by atoms with E-state index in [0.29, 0.717) is 6.61 Å². The Morgan fingerprint density at radius 3 is 2.57 bits per heavy atom. The largest absolute Gasteiger partial charge is 0.396 e. The average molecular weight is 299 g/mol. The summed E-state index contributed by atoms with van der Waals surface area (Å²) < 4.78 is 23.7. The van der Waals surface area contributed by atoms with Crippen LogP contribution >= 0.6 is 0 Å². The number of benzene rings is 1. The van der Waals surface area contributed by atoms with Crippen molar-refractivity contribution in [2.75, 3.05) is 26.9 Å². The minimum atomic E-state index is -1.28. The van der Waals surface area contributed by atoms with Gasteiger partial charge in [0.25, 0.3) is 0 Å². The monoisotopic (exact) mass is 299 g/mol. The van der Waals surface area contributed by atoms with Gasteiger partial charge in [0.15, 0.2) is 6.29 Å². The van der Waals surface area contributed by atoms with Crippen LogP contribution in [0.3, 0.4) is 0 Å². The quantitative estimate of drug-likeness (QED) is 0.621. The lowest BCUT2D eigenvalue weighted by atomic mass is 9.91. The van der Waals surface area contributed by atoms with E-state index in [1.807, 2.05) is 30.3 Å². The summed E-state index contributed by atoms with van der Waals surface area (Å²) in [6.07, 6.45) is -1.37. The lowest BCUT2D eigenvalue weighted by Gasteiger charge is -2.31. The van der Waals surface area contributed by atoms with Crippen LogP contribution in [0.1, 0.15) is 5.56 Å². The van der Waals surface area contributed by atoms with Crippen molar-refractivity contribution in [1.82, 2.24) is 0 Å². The van der Waals surface area contributed by atoms with E-state index in [0.717, 1.165) is 5.56 Å². The van der Waals surface area contributed by atoms with Crippen LogP contribution in [-0.4, -0.2) is 61.7 Å². The van der Waals surface area contributed by atoms with Crippen LogP contribution in [0, 0.1) is 5.92 Å². The third-order valence-electron chi connectivity index (χ3n) is 3.84. The average Bonchev–Trinajstić information content (AvgIpc) is 2.88. The topological polar surface area (TPSA) is 88.4 Å². The number of hydrogen-bond acceptors (Lipinski definition) is 6. The van der Waals surface area contributed by atoms with E-state index in [9.17, 15) is 10.2 Å². The molecule has 0 bridgehead atoms. The number of hydrogen-bond donors (Lipinski definition) is 3. The van der Waals surface area contributed by atoms with Crippen molar-refractivity contribution in [2.45, 2.75) is 24.6 Å². The fourth-order valence-corrected chi connectivity index (χ4v) is 2.65. The normalized spacial score (nSPS) is 28.5. The fraction of sp³-hybridized carbons (Fsp3) is 0.600. The molecule has 0 aliphatic carbocycles. The minimum Gasteiger partial charge on any atom is -0.396 e. The van der Waals surface area contributed by atoms with Crippen molar-refractivity contribution in [3.8, 4) is 0 Å². The van der Waals surface area contributed by atoms with E-state index in [1.54, 1.807) is 0 Å². The van der Waals surface area contributed by atoms with Gasteiger partial charge in [-0.2, -0.15) is 0 Å². The van der Waals surface area contributed by atoms with Gasteiger partial charge in [-0.1, -0.05) is 30.3 Å². The molecule has 1 fully saturated rings. The third-order valence-corrected chi connectivity index (χ3v) is 3.84. The Kier molecular flexibility index (Phi) is 5.18. The molecule has 2 rings (SSSR count). The molecule has 1 aliphatic heterocycles. The molecule has 1 heterocycles. The molecule has 0 spiro atoms. The summed E-state index contributed by atoms with van der Waals surface area (Å²) in [6.45, 7) is -0.532. The SMILES string of the molecule is [2H]OCC1[C@@H](OC)OC(CO)(CO)[C@@H]1OCc1ccccc1. The van der Waals surface area contributed by atoms with Gasteiger partial charge >= 0.3 is 0 Å². The maximum atomic E-state index is 9.68. The standard InChI is InChI=1S/C15H22O6/c1-19-14-12(7-16)13(15(9-17,10-18)21-14)20-8-11-5-3-2-4-6-11/h2-6,12-14,16-18H,7-10H2,1H3/t12?,13-,14+/m1/s1/i16D. The van der Waals surface area contributed by atoms with Gasteiger partial charge < -0.3 is 29.5 Å². The van der Waals surface area contributed by atoms with Crippen molar-refractivity contribution < 1.29 is 29.5 Å². The molecular weight excluding hydrogens is 276 g/mol.